The minimum atomic E-state index is -0.933. The maximum Gasteiger partial charge on any atom is 0.132 e. The lowest BCUT2D eigenvalue weighted by Crippen LogP contribution is -2.42. The second-order valence-corrected chi connectivity index (χ2v) is 24.9. The molecule has 3 nitrogen and oxygen atoms in total. The van der Waals surface area contributed by atoms with E-state index >= 15 is 0 Å². The van der Waals surface area contributed by atoms with Crippen LogP contribution in [0.15, 0.2) is 109 Å². The molecule has 2 aliphatic carbocycles. The van der Waals surface area contributed by atoms with Gasteiger partial charge in [-0.3, -0.25) is 9.97 Å². The van der Waals surface area contributed by atoms with Gasteiger partial charge in [-0.05, 0) is 137 Å². The molecular weight excluding hydrogens is 777 g/mol. The van der Waals surface area contributed by atoms with Crippen LogP contribution in [-0.4, -0.2) is 9.97 Å². The van der Waals surface area contributed by atoms with E-state index in [9.17, 15) is 0 Å². The molecule has 0 amide bonds. The Morgan fingerprint density at radius 2 is 0.734 bits per heavy atom. The summed E-state index contributed by atoms with van der Waals surface area (Å²) >= 11 is 0. The zero-order chi connectivity index (χ0) is 46.6. The molecule has 4 aromatic carbocycles. The number of pyridine rings is 2. The van der Waals surface area contributed by atoms with Crippen molar-refractivity contribution in [2.24, 2.45) is 10.8 Å². The number of ether oxygens (including phenoxy) is 1. The molecule has 9 rings (SSSR count). The fourth-order valence-electron chi connectivity index (χ4n) is 11.8. The minimum Gasteiger partial charge on any atom is -0.457 e. The molecule has 0 fully saturated rings. The van der Waals surface area contributed by atoms with Crippen LogP contribution in [0.4, 0.5) is 0 Å². The van der Waals surface area contributed by atoms with Crippen molar-refractivity contribution in [2.75, 3.05) is 0 Å². The van der Waals surface area contributed by atoms with Crippen molar-refractivity contribution < 1.29 is 4.74 Å². The topological polar surface area (TPSA) is 35.0 Å². The third kappa shape index (κ3) is 5.83. The van der Waals surface area contributed by atoms with E-state index in [0.717, 1.165) is 56.5 Å². The van der Waals surface area contributed by atoms with Crippen molar-refractivity contribution in [1.82, 2.24) is 9.97 Å². The highest BCUT2D eigenvalue weighted by atomic mass is 16.5. The Kier molecular flexibility index (Phi) is 9.34. The van der Waals surface area contributed by atoms with E-state index in [1.165, 1.54) is 33.4 Å². The van der Waals surface area contributed by atoms with E-state index in [2.05, 4.69) is 234 Å². The van der Waals surface area contributed by atoms with Gasteiger partial charge < -0.3 is 4.74 Å². The van der Waals surface area contributed by atoms with E-state index in [1.54, 1.807) is 0 Å². The lowest BCUT2D eigenvalue weighted by Gasteiger charge is -2.44. The highest BCUT2D eigenvalue weighted by Gasteiger charge is 2.58. The molecule has 0 bridgehead atoms. The van der Waals surface area contributed by atoms with Gasteiger partial charge >= 0.3 is 0 Å². The monoisotopic (exact) mass is 849 g/mol. The molecular formula is C61H72N2O. The van der Waals surface area contributed by atoms with Crippen LogP contribution in [-0.2, 0) is 37.9 Å². The normalized spacial score (nSPS) is 20.1. The lowest BCUT2D eigenvalue weighted by molar-refractivity contribution is 0.125. The van der Waals surface area contributed by atoms with Crippen LogP contribution >= 0.6 is 0 Å². The second-order valence-electron chi connectivity index (χ2n) is 24.9. The van der Waals surface area contributed by atoms with Crippen LogP contribution < -0.4 is 4.74 Å². The molecule has 64 heavy (non-hydrogen) atoms. The molecule has 3 heteroatoms. The quantitative estimate of drug-likeness (QED) is 0.177. The van der Waals surface area contributed by atoms with Gasteiger partial charge in [-0.1, -0.05) is 173 Å². The standard InChI is InChI=1S/C61H72N2O/c1-53(2,3)39-27-31-49-45(35-39)61(46-36-40(54(4,5)6)28-32-50(46)64-49,51-23-19-21-47(62-51)37-25-29-41-43(33-37)57(11,12)59(15,16)55(41,7)8)52-24-20-22-48(63-52)38-26-30-42-44(34-38)58(13,14)60(17,18)56(42,9)10/h19-36H,1-18H3. The molecule has 0 radical (unpaired) electrons. The molecule has 0 saturated heterocycles. The maximum atomic E-state index is 7.01. The van der Waals surface area contributed by atoms with Crippen molar-refractivity contribution in [3.8, 4) is 34.0 Å². The first-order chi connectivity index (χ1) is 29.5. The SMILES string of the molecule is CC(C)(C)c1ccc2c(c1)C(c1cccc(-c3ccc4c(c3)C(C)(C)C(C)(C)C4(C)C)n1)(c1cccc(-c3ccc4c(c3)C(C)(C)C(C)(C)C4(C)C)n1)c1cc(C(C)(C)C)ccc1O2. The van der Waals surface area contributed by atoms with E-state index in [-0.39, 0.29) is 43.3 Å². The molecule has 0 spiro atoms. The van der Waals surface area contributed by atoms with Crippen molar-refractivity contribution in [1.29, 1.82) is 0 Å². The summed E-state index contributed by atoms with van der Waals surface area (Å²) in [6.07, 6.45) is 0. The Hall–Kier alpha value is -5.02. The summed E-state index contributed by atoms with van der Waals surface area (Å²) < 4.78 is 7.01. The summed E-state index contributed by atoms with van der Waals surface area (Å²) in [5.41, 5.74) is 15.2. The van der Waals surface area contributed by atoms with E-state index in [4.69, 9.17) is 14.7 Å². The summed E-state index contributed by atoms with van der Waals surface area (Å²) in [7, 11) is 0. The largest absolute Gasteiger partial charge is 0.457 e. The number of aromatic nitrogens is 2. The summed E-state index contributed by atoms with van der Waals surface area (Å²) in [5.74, 6) is 1.66. The summed E-state index contributed by atoms with van der Waals surface area (Å²) in [6, 6.07) is 41.1. The Bertz CT molecular complexity index is 2690. The summed E-state index contributed by atoms with van der Waals surface area (Å²) in [4.78, 5) is 11.7. The van der Waals surface area contributed by atoms with Gasteiger partial charge in [0.2, 0.25) is 0 Å². The number of rotatable bonds is 4. The minimum absolute atomic E-state index is 0.0203. The predicted octanol–water partition coefficient (Wildman–Crippen LogP) is 16.1. The van der Waals surface area contributed by atoms with Gasteiger partial charge in [0, 0.05) is 22.3 Å². The van der Waals surface area contributed by atoms with Crippen molar-refractivity contribution in [3.63, 3.8) is 0 Å². The smallest absolute Gasteiger partial charge is 0.132 e. The zero-order valence-electron chi connectivity index (χ0n) is 42.2. The van der Waals surface area contributed by atoms with Crippen LogP contribution in [0, 0.1) is 10.8 Å². The van der Waals surface area contributed by atoms with Gasteiger partial charge in [-0.25, -0.2) is 0 Å². The van der Waals surface area contributed by atoms with Crippen LogP contribution in [0.1, 0.15) is 181 Å². The third-order valence-electron chi connectivity index (χ3n) is 18.6. The maximum absolute atomic E-state index is 7.01. The van der Waals surface area contributed by atoms with Crippen LogP contribution in [0.5, 0.6) is 11.5 Å². The van der Waals surface area contributed by atoms with Crippen molar-refractivity contribution >= 4 is 0 Å². The number of hydrogen-bond donors (Lipinski definition) is 0. The number of benzene rings is 4. The Morgan fingerprint density at radius 1 is 0.375 bits per heavy atom. The molecule has 0 atom stereocenters. The van der Waals surface area contributed by atoms with E-state index in [0.29, 0.717) is 0 Å². The average Bonchev–Trinajstić information content (AvgIpc) is 3.41. The molecule has 3 aliphatic rings. The first-order valence-corrected chi connectivity index (χ1v) is 23.7. The predicted molar refractivity (Wildman–Crippen MR) is 268 cm³/mol. The third-order valence-corrected chi connectivity index (χ3v) is 18.6. The van der Waals surface area contributed by atoms with Crippen LogP contribution in [0.2, 0.25) is 0 Å². The fourth-order valence-corrected chi connectivity index (χ4v) is 11.8. The highest BCUT2D eigenvalue weighted by Crippen LogP contribution is 2.63. The van der Waals surface area contributed by atoms with Gasteiger partial charge in [-0.2, -0.15) is 0 Å². The molecule has 2 aromatic heterocycles. The van der Waals surface area contributed by atoms with Crippen LogP contribution in [0.25, 0.3) is 22.5 Å². The van der Waals surface area contributed by atoms with E-state index < -0.39 is 5.41 Å². The molecule has 6 aromatic rings. The zero-order valence-corrected chi connectivity index (χ0v) is 42.2. The first kappa shape index (κ1) is 44.2. The molecule has 0 saturated carbocycles. The van der Waals surface area contributed by atoms with Gasteiger partial charge in [0.25, 0.3) is 0 Å². The summed E-state index contributed by atoms with van der Waals surface area (Å²) in [5, 5.41) is 0. The Morgan fingerprint density at radius 3 is 1.09 bits per heavy atom. The Labute approximate surface area is 385 Å². The first-order valence-electron chi connectivity index (χ1n) is 23.7. The van der Waals surface area contributed by atoms with Gasteiger partial charge in [-0.15, -0.1) is 0 Å². The molecule has 0 unspecified atom stereocenters. The summed E-state index contributed by atoms with van der Waals surface area (Å²) in [6.45, 7) is 42.8. The second kappa shape index (κ2) is 13.5. The van der Waals surface area contributed by atoms with Crippen molar-refractivity contribution in [3.05, 3.63) is 165 Å². The molecule has 3 heterocycles. The van der Waals surface area contributed by atoms with Gasteiger partial charge in [0.05, 0.1) is 22.8 Å². The van der Waals surface area contributed by atoms with Crippen molar-refractivity contribution in [2.45, 2.75) is 163 Å². The number of hydrogen-bond acceptors (Lipinski definition) is 3. The molecule has 332 valence electrons. The van der Waals surface area contributed by atoms with Gasteiger partial charge in [0.15, 0.2) is 0 Å². The fraction of sp³-hybridized carbons (Fsp3) is 0.443. The average molecular weight is 849 g/mol. The van der Waals surface area contributed by atoms with Crippen LogP contribution in [0.3, 0.4) is 0 Å². The van der Waals surface area contributed by atoms with E-state index in [1.807, 2.05) is 0 Å². The molecule has 0 N–H and O–H groups in total. The lowest BCUT2D eigenvalue weighted by atomic mass is 9.59. The number of nitrogens with zero attached hydrogens (tertiary/aromatic N) is 2. The highest BCUT2D eigenvalue weighted by molar-refractivity contribution is 5.73. The molecule has 1 aliphatic heterocycles. The van der Waals surface area contributed by atoms with Gasteiger partial charge in [0.1, 0.15) is 16.9 Å². The number of fused-ring (bicyclic) bond motifs is 4. The Balaban J connectivity index is 1.35.